The molecule has 1 aliphatic carbocycles. The lowest BCUT2D eigenvalue weighted by Gasteiger charge is -2.18. The summed E-state index contributed by atoms with van der Waals surface area (Å²) in [5, 5.41) is 21.4. The summed E-state index contributed by atoms with van der Waals surface area (Å²) in [6.07, 6.45) is -1.05. The maximum Gasteiger partial charge on any atom is 0.340 e. The zero-order chi connectivity index (χ0) is 24.7. The number of fused-ring (bicyclic) bond motifs is 1. The van der Waals surface area contributed by atoms with Crippen LogP contribution in [0.1, 0.15) is 37.4 Å². The highest BCUT2D eigenvalue weighted by atomic mass is 35.5. The zero-order valence-corrected chi connectivity index (χ0v) is 20.4. The first-order chi connectivity index (χ1) is 15.9. The summed E-state index contributed by atoms with van der Waals surface area (Å²) in [4.78, 5) is 35.8. The van der Waals surface area contributed by atoms with Gasteiger partial charge < -0.3 is 38.9 Å². The number of aliphatic hydroxyl groups excluding tert-OH is 2. The Balaban J connectivity index is 1.51. The van der Waals surface area contributed by atoms with Crippen LogP contribution in [0.3, 0.4) is 0 Å². The van der Waals surface area contributed by atoms with Gasteiger partial charge in [0.05, 0.1) is 17.5 Å². The molecule has 1 aromatic heterocycles. The van der Waals surface area contributed by atoms with Crippen molar-refractivity contribution >= 4 is 37.7 Å². The van der Waals surface area contributed by atoms with Crippen molar-refractivity contribution in [1.29, 1.82) is 0 Å². The standard InChI is InChI=1S/C19H25ClN2O10P2/c20-19-21-13-7-10(5-6-12(13)18(22-19)31-11-3-1-2-4-11)17-16(24)15(23)14(32-17)8-30-34(28,29)9-33(25,26)27/h5-7,11,14-17,23-24H,1-4,8-9H2,(H,28,29)(H2,25,26,27)/t14-,15-,16-,17+/m1/s1. The van der Waals surface area contributed by atoms with E-state index in [2.05, 4.69) is 9.97 Å². The van der Waals surface area contributed by atoms with E-state index >= 15 is 0 Å². The molecule has 34 heavy (non-hydrogen) atoms. The second kappa shape index (κ2) is 10.1. The molecule has 1 unspecified atom stereocenters. The molecule has 5 N–H and O–H groups in total. The summed E-state index contributed by atoms with van der Waals surface area (Å²) in [7, 11) is -9.44. The van der Waals surface area contributed by atoms with Gasteiger partial charge in [0.2, 0.25) is 11.2 Å². The van der Waals surface area contributed by atoms with Gasteiger partial charge in [-0.2, -0.15) is 4.98 Å². The predicted octanol–water partition coefficient (Wildman–Crippen LogP) is 2.10. The smallest absolute Gasteiger partial charge is 0.340 e. The average molecular weight is 539 g/mol. The van der Waals surface area contributed by atoms with Gasteiger partial charge in [-0.05, 0) is 55.0 Å². The van der Waals surface area contributed by atoms with E-state index in [4.69, 9.17) is 35.4 Å². The largest absolute Gasteiger partial charge is 0.474 e. The SMILES string of the molecule is O=P(O)(O)CP(=O)(O)OC[C@H]1O[C@@H](c2ccc3c(OC4CCCC4)nc(Cl)nc3c2)[C@H](O)[C@@H]1O. The Kier molecular flexibility index (Phi) is 7.67. The monoisotopic (exact) mass is 538 g/mol. The van der Waals surface area contributed by atoms with Gasteiger partial charge in [0, 0.05) is 0 Å². The third kappa shape index (κ3) is 6.14. The molecule has 2 aliphatic rings. The van der Waals surface area contributed by atoms with E-state index in [0.717, 1.165) is 25.7 Å². The molecule has 0 spiro atoms. The van der Waals surface area contributed by atoms with Gasteiger partial charge in [-0.3, -0.25) is 9.13 Å². The van der Waals surface area contributed by atoms with Crippen molar-refractivity contribution in [2.75, 3.05) is 12.5 Å². The van der Waals surface area contributed by atoms with Crippen LogP contribution in [0.5, 0.6) is 5.88 Å². The molecule has 1 saturated carbocycles. The van der Waals surface area contributed by atoms with E-state index < -0.39 is 52.1 Å². The van der Waals surface area contributed by atoms with Crippen LogP contribution in [0.2, 0.25) is 5.28 Å². The third-order valence-electron chi connectivity index (χ3n) is 5.73. The number of ether oxygens (including phenoxy) is 2. The van der Waals surface area contributed by atoms with E-state index in [-0.39, 0.29) is 11.4 Å². The van der Waals surface area contributed by atoms with Crippen LogP contribution in [-0.2, 0) is 18.4 Å². The molecule has 2 aromatic rings. The number of halogens is 1. The van der Waals surface area contributed by atoms with Gasteiger partial charge in [0.1, 0.15) is 30.5 Å². The Morgan fingerprint density at radius 1 is 1.09 bits per heavy atom. The van der Waals surface area contributed by atoms with Crippen molar-refractivity contribution in [3.63, 3.8) is 0 Å². The van der Waals surface area contributed by atoms with Crippen LogP contribution in [0.15, 0.2) is 18.2 Å². The van der Waals surface area contributed by atoms with Crippen molar-refractivity contribution in [1.82, 2.24) is 9.97 Å². The van der Waals surface area contributed by atoms with Crippen molar-refractivity contribution in [2.45, 2.75) is 56.2 Å². The normalized spacial score (nSPS) is 27.8. The van der Waals surface area contributed by atoms with Gasteiger partial charge in [-0.15, -0.1) is 0 Å². The Morgan fingerprint density at radius 3 is 2.47 bits per heavy atom. The van der Waals surface area contributed by atoms with Gasteiger partial charge in [0.15, 0.2) is 5.90 Å². The Bertz CT molecular complexity index is 1140. The molecule has 4 rings (SSSR count). The maximum absolute atomic E-state index is 11.9. The summed E-state index contributed by atoms with van der Waals surface area (Å²) in [5.41, 5.74) is 0.891. The number of nitrogens with zero attached hydrogens (tertiary/aromatic N) is 2. The van der Waals surface area contributed by atoms with Crippen LogP contribution in [0.4, 0.5) is 0 Å². The molecule has 1 saturated heterocycles. The summed E-state index contributed by atoms with van der Waals surface area (Å²) >= 11 is 6.08. The lowest BCUT2D eigenvalue weighted by atomic mass is 10.0. The average Bonchev–Trinajstić information content (AvgIpc) is 3.33. The van der Waals surface area contributed by atoms with Gasteiger partial charge in [0.25, 0.3) is 0 Å². The van der Waals surface area contributed by atoms with Crippen molar-refractivity contribution in [3.05, 3.63) is 29.0 Å². The van der Waals surface area contributed by atoms with Crippen LogP contribution < -0.4 is 4.74 Å². The summed E-state index contributed by atoms with van der Waals surface area (Å²) in [6.45, 7) is -0.663. The quantitative estimate of drug-likeness (QED) is 0.243. The number of aromatic nitrogens is 2. The Labute approximate surface area is 199 Å². The van der Waals surface area contributed by atoms with Crippen molar-refractivity contribution in [2.24, 2.45) is 0 Å². The van der Waals surface area contributed by atoms with E-state index in [1.165, 1.54) is 0 Å². The topological polar surface area (TPSA) is 189 Å². The molecule has 188 valence electrons. The minimum absolute atomic E-state index is 0.0133. The first-order valence-electron chi connectivity index (χ1n) is 10.6. The fourth-order valence-electron chi connectivity index (χ4n) is 4.15. The lowest BCUT2D eigenvalue weighted by molar-refractivity contribution is -0.0186. The van der Waals surface area contributed by atoms with Crippen LogP contribution in [0, 0.1) is 0 Å². The van der Waals surface area contributed by atoms with Gasteiger partial charge >= 0.3 is 15.2 Å². The van der Waals surface area contributed by atoms with E-state index in [0.29, 0.717) is 22.3 Å². The first-order valence-corrected chi connectivity index (χ1v) is 14.5. The molecule has 15 heteroatoms. The number of aliphatic hydroxyl groups is 2. The molecule has 2 heterocycles. The highest BCUT2D eigenvalue weighted by Crippen LogP contribution is 2.55. The van der Waals surface area contributed by atoms with Crippen LogP contribution in [-0.4, -0.2) is 71.8 Å². The molecule has 0 radical (unpaired) electrons. The Hall–Kier alpha value is -1.17. The fourth-order valence-corrected chi connectivity index (χ4v) is 6.88. The fraction of sp³-hybridized carbons (Fsp3) is 0.579. The molecular weight excluding hydrogens is 514 g/mol. The van der Waals surface area contributed by atoms with E-state index in [1.54, 1.807) is 18.2 Å². The van der Waals surface area contributed by atoms with E-state index in [9.17, 15) is 24.2 Å². The third-order valence-corrected chi connectivity index (χ3v) is 9.36. The number of hydrogen-bond acceptors (Lipinski definition) is 9. The minimum atomic E-state index is -4.80. The molecular formula is C19H25ClN2O10P2. The minimum Gasteiger partial charge on any atom is -0.474 e. The maximum atomic E-state index is 11.9. The zero-order valence-electron chi connectivity index (χ0n) is 17.8. The second-order valence-electron chi connectivity index (χ2n) is 8.41. The number of rotatable bonds is 8. The molecule has 0 amide bonds. The molecule has 1 aliphatic heterocycles. The van der Waals surface area contributed by atoms with Crippen LogP contribution in [0.25, 0.3) is 10.9 Å². The first kappa shape index (κ1) is 25.9. The summed E-state index contributed by atoms with van der Waals surface area (Å²) < 4.78 is 39.2. The summed E-state index contributed by atoms with van der Waals surface area (Å²) in [6, 6.07) is 4.95. The number of benzene rings is 1. The molecule has 1 aromatic carbocycles. The molecule has 0 bridgehead atoms. The highest BCUT2D eigenvalue weighted by Gasteiger charge is 2.45. The lowest BCUT2D eigenvalue weighted by Crippen LogP contribution is -2.33. The van der Waals surface area contributed by atoms with Crippen molar-refractivity contribution in [3.8, 4) is 5.88 Å². The summed E-state index contributed by atoms with van der Waals surface area (Å²) in [5.74, 6) is -1.01. The molecule has 5 atom stereocenters. The number of hydrogen-bond donors (Lipinski definition) is 5. The molecule has 12 nitrogen and oxygen atoms in total. The van der Waals surface area contributed by atoms with E-state index in [1.807, 2.05) is 0 Å². The second-order valence-corrected chi connectivity index (χ2v) is 12.7. The van der Waals surface area contributed by atoms with Crippen molar-refractivity contribution < 1.29 is 48.0 Å². The predicted molar refractivity (Wildman–Crippen MR) is 120 cm³/mol. The van der Waals surface area contributed by atoms with Gasteiger partial charge in [-0.1, -0.05) is 6.07 Å². The highest BCUT2D eigenvalue weighted by molar-refractivity contribution is 7.70. The van der Waals surface area contributed by atoms with Gasteiger partial charge in [-0.25, -0.2) is 4.98 Å². The molecule has 2 fully saturated rings. The van der Waals surface area contributed by atoms with Crippen LogP contribution >= 0.6 is 26.8 Å². The Morgan fingerprint density at radius 2 is 1.79 bits per heavy atom.